The predicted molar refractivity (Wildman–Crippen MR) is 82.4 cm³/mol. The molecule has 0 amide bonds. The van der Waals surface area contributed by atoms with Crippen molar-refractivity contribution in [2.75, 3.05) is 0 Å². The highest BCUT2D eigenvalue weighted by molar-refractivity contribution is 7.09. The summed E-state index contributed by atoms with van der Waals surface area (Å²) < 4.78 is 2.11. The van der Waals surface area contributed by atoms with Crippen molar-refractivity contribution in [1.29, 1.82) is 0 Å². The van der Waals surface area contributed by atoms with Gasteiger partial charge in [-0.1, -0.05) is 23.7 Å². The van der Waals surface area contributed by atoms with Gasteiger partial charge in [-0.3, -0.25) is 0 Å². The van der Waals surface area contributed by atoms with Crippen molar-refractivity contribution in [3.63, 3.8) is 0 Å². The molecule has 0 spiro atoms. The third-order valence-electron chi connectivity index (χ3n) is 3.00. The quantitative estimate of drug-likeness (QED) is 0.615. The Hall–Kier alpha value is -1.03. The van der Waals surface area contributed by atoms with Gasteiger partial charge < -0.3 is 4.57 Å². The third kappa shape index (κ3) is 2.38. The van der Waals surface area contributed by atoms with E-state index in [0.29, 0.717) is 5.02 Å². The van der Waals surface area contributed by atoms with E-state index in [9.17, 15) is 0 Å². The average molecular weight is 311 g/mol. The number of halogens is 2. The molecule has 2 aromatic heterocycles. The fourth-order valence-electron chi connectivity index (χ4n) is 2.18. The van der Waals surface area contributed by atoms with Gasteiger partial charge in [0.05, 0.1) is 28.0 Å². The first-order valence-corrected chi connectivity index (χ1v) is 7.67. The van der Waals surface area contributed by atoms with Crippen molar-refractivity contribution in [1.82, 2.24) is 9.55 Å². The van der Waals surface area contributed by atoms with E-state index in [4.69, 9.17) is 23.2 Å². The van der Waals surface area contributed by atoms with E-state index in [1.165, 1.54) is 4.88 Å². The van der Waals surface area contributed by atoms with Crippen LogP contribution in [0.1, 0.15) is 23.0 Å². The Bertz CT molecular complexity index is 702. The second-order valence-corrected chi connectivity index (χ2v) is 6.45. The van der Waals surface area contributed by atoms with Crippen LogP contribution in [-0.4, -0.2) is 9.55 Å². The molecule has 0 saturated heterocycles. The lowest BCUT2D eigenvalue weighted by Crippen LogP contribution is -2.04. The summed E-state index contributed by atoms with van der Waals surface area (Å²) in [5.41, 5.74) is 1.85. The Morgan fingerprint density at radius 3 is 2.84 bits per heavy atom. The van der Waals surface area contributed by atoms with Gasteiger partial charge in [0.25, 0.3) is 0 Å². The fraction of sp³-hybridized carbons (Fsp3) is 0.214. The van der Waals surface area contributed by atoms with E-state index in [0.717, 1.165) is 23.4 Å². The van der Waals surface area contributed by atoms with Gasteiger partial charge in [0, 0.05) is 4.88 Å². The lowest BCUT2D eigenvalue weighted by atomic mass is 10.3. The summed E-state index contributed by atoms with van der Waals surface area (Å²) >= 11 is 14.3. The summed E-state index contributed by atoms with van der Waals surface area (Å²) in [6.45, 7) is 2.69. The molecule has 3 rings (SSSR count). The minimum Gasteiger partial charge on any atom is -0.320 e. The first-order chi connectivity index (χ1) is 9.16. The van der Waals surface area contributed by atoms with E-state index in [1.807, 2.05) is 31.2 Å². The summed E-state index contributed by atoms with van der Waals surface area (Å²) in [6.07, 6.45) is 0. The fourth-order valence-corrected chi connectivity index (χ4v) is 3.31. The molecular formula is C14H12Cl2N2S. The average Bonchev–Trinajstić information content (AvgIpc) is 2.98. The lowest BCUT2D eigenvalue weighted by Gasteiger charge is -2.10. The van der Waals surface area contributed by atoms with Crippen molar-refractivity contribution in [2.45, 2.75) is 18.8 Å². The van der Waals surface area contributed by atoms with Crippen molar-refractivity contribution >= 4 is 45.6 Å². The van der Waals surface area contributed by atoms with Gasteiger partial charge in [-0.05, 0) is 30.5 Å². The van der Waals surface area contributed by atoms with E-state index in [-0.39, 0.29) is 5.38 Å². The van der Waals surface area contributed by atoms with Crippen LogP contribution in [0.15, 0.2) is 35.7 Å². The van der Waals surface area contributed by atoms with Gasteiger partial charge in [0.2, 0.25) is 0 Å². The molecule has 19 heavy (non-hydrogen) atoms. The van der Waals surface area contributed by atoms with Crippen LogP contribution in [0.5, 0.6) is 0 Å². The minimum atomic E-state index is -0.150. The minimum absolute atomic E-state index is 0.150. The molecule has 98 valence electrons. The Morgan fingerprint density at radius 2 is 2.16 bits per heavy atom. The Morgan fingerprint density at radius 1 is 1.32 bits per heavy atom. The van der Waals surface area contributed by atoms with E-state index >= 15 is 0 Å². The maximum Gasteiger partial charge on any atom is 0.128 e. The normalized spacial score (nSPS) is 13.0. The number of thiophene rings is 1. The van der Waals surface area contributed by atoms with Crippen LogP contribution >= 0.6 is 34.5 Å². The smallest absolute Gasteiger partial charge is 0.128 e. The summed E-state index contributed by atoms with van der Waals surface area (Å²) in [5.74, 6) is 0.859. The molecule has 0 radical (unpaired) electrons. The SMILES string of the molecule is CC(Cl)c1nc2cccc(Cl)c2n1Cc1cccs1. The monoisotopic (exact) mass is 310 g/mol. The van der Waals surface area contributed by atoms with Crippen LogP contribution in [0.2, 0.25) is 5.02 Å². The maximum atomic E-state index is 6.32. The summed E-state index contributed by atoms with van der Waals surface area (Å²) in [5, 5.41) is 2.63. The predicted octanol–water partition coefficient (Wildman–Crippen LogP) is 5.10. The molecule has 0 bridgehead atoms. The molecule has 1 atom stereocenters. The first-order valence-electron chi connectivity index (χ1n) is 5.98. The van der Waals surface area contributed by atoms with Gasteiger partial charge in [-0.2, -0.15) is 0 Å². The maximum absolute atomic E-state index is 6.32. The van der Waals surface area contributed by atoms with Gasteiger partial charge in [-0.25, -0.2) is 4.98 Å². The number of hydrogen-bond acceptors (Lipinski definition) is 2. The molecule has 0 fully saturated rings. The number of hydrogen-bond donors (Lipinski definition) is 0. The van der Waals surface area contributed by atoms with Crippen LogP contribution in [-0.2, 0) is 6.54 Å². The molecule has 3 aromatic rings. The Balaban J connectivity index is 2.21. The summed E-state index contributed by atoms with van der Waals surface area (Å²) in [7, 11) is 0. The molecule has 0 aliphatic heterocycles. The standard InChI is InChI=1S/C14H12Cl2N2S/c1-9(15)14-17-12-6-2-5-11(16)13(12)18(14)8-10-4-3-7-19-10/h2-7,9H,8H2,1H3. The van der Waals surface area contributed by atoms with Gasteiger partial charge in [0.15, 0.2) is 0 Å². The molecular weight excluding hydrogens is 299 g/mol. The number of para-hydroxylation sites is 1. The van der Waals surface area contributed by atoms with Crippen molar-refractivity contribution in [3.05, 3.63) is 51.4 Å². The van der Waals surface area contributed by atoms with Gasteiger partial charge in [-0.15, -0.1) is 22.9 Å². The Kier molecular flexibility index (Phi) is 3.52. The molecule has 2 nitrogen and oxygen atoms in total. The zero-order chi connectivity index (χ0) is 13.4. The zero-order valence-electron chi connectivity index (χ0n) is 10.3. The van der Waals surface area contributed by atoms with Crippen LogP contribution in [0.4, 0.5) is 0 Å². The van der Waals surface area contributed by atoms with Crippen LogP contribution < -0.4 is 0 Å². The highest BCUT2D eigenvalue weighted by Crippen LogP contribution is 2.30. The van der Waals surface area contributed by atoms with Crippen molar-refractivity contribution in [2.24, 2.45) is 0 Å². The molecule has 5 heteroatoms. The summed E-state index contributed by atoms with van der Waals surface area (Å²) in [6, 6.07) is 9.92. The van der Waals surface area contributed by atoms with Crippen molar-refractivity contribution in [3.8, 4) is 0 Å². The number of nitrogens with zero attached hydrogens (tertiary/aromatic N) is 2. The number of alkyl halides is 1. The third-order valence-corrected chi connectivity index (χ3v) is 4.36. The summed E-state index contributed by atoms with van der Waals surface area (Å²) in [4.78, 5) is 5.87. The van der Waals surface area contributed by atoms with Gasteiger partial charge >= 0.3 is 0 Å². The molecule has 1 unspecified atom stereocenters. The topological polar surface area (TPSA) is 17.8 Å². The Labute approximate surface area is 125 Å². The zero-order valence-corrected chi connectivity index (χ0v) is 12.6. The largest absolute Gasteiger partial charge is 0.320 e. The molecule has 0 aliphatic carbocycles. The number of imidazole rings is 1. The molecule has 1 aromatic carbocycles. The highest BCUT2D eigenvalue weighted by Gasteiger charge is 2.17. The van der Waals surface area contributed by atoms with Crippen LogP contribution in [0, 0.1) is 0 Å². The second kappa shape index (κ2) is 5.16. The number of rotatable bonds is 3. The lowest BCUT2D eigenvalue weighted by molar-refractivity contribution is 0.750. The van der Waals surface area contributed by atoms with Crippen LogP contribution in [0.25, 0.3) is 11.0 Å². The van der Waals surface area contributed by atoms with Crippen LogP contribution in [0.3, 0.4) is 0 Å². The van der Waals surface area contributed by atoms with E-state index in [2.05, 4.69) is 21.0 Å². The highest BCUT2D eigenvalue weighted by atomic mass is 35.5. The van der Waals surface area contributed by atoms with Gasteiger partial charge in [0.1, 0.15) is 5.82 Å². The molecule has 0 saturated carbocycles. The number of benzene rings is 1. The number of fused-ring (bicyclic) bond motifs is 1. The first kappa shape index (κ1) is 13.0. The number of aromatic nitrogens is 2. The molecule has 0 N–H and O–H groups in total. The van der Waals surface area contributed by atoms with E-state index < -0.39 is 0 Å². The molecule has 0 aliphatic rings. The molecule has 2 heterocycles. The van der Waals surface area contributed by atoms with Crippen molar-refractivity contribution < 1.29 is 0 Å². The van der Waals surface area contributed by atoms with E-state index in [1.54, 1.807) is 11.3 Å². The second-order valence-electron chi connectivity index (χ2n) is 4.36.